The molecule has 2 aromatic rings. The van der Waals surface area contributed by atoms with E-state index < -0.39 is 21.5 Å². The molecule has 2 aromatic carbocycles. The van der Waals surface area contributed by atoms with Crippen LogP contribution in [0.4, 0.5) is 4.39 Å². The third-order valence-electron chi connectivity index (χ3n) is 5.76. The number of rotatable bonds is 5. The molecule has 2 atom stereocenters. The van der Waals surface area contributed by atoms with Crippen LogP contribution in [0.3, 0.4) is 0 Å². The van der Waals surface area contributed by atoms with Crippen LogP contribution in [0.5, 0.6) is 5.75 Å². The Morgan fingerprint density at radius 2 is 1.69 bits per heavy atom. The van der Waals surface area contributed by atoms with Gasteiger partial charge in [-0.3, -0.25) is 4.90 Å². The maximum absolute atomic E-state index is 13.2. The van der Waals surface area contributed by atoms with Crippen LogP contribution in [0.2, 0.25) is 0 Å². The zero-order valence-corrected chi connectivity index (χ0v) is 17.2. The van der Waals surface area contributed by atoms with Gasteiger partial charge in [-0.2, -0.15) is 0 Å². The van der Waals surface area contributed by atoms with E-state index in [-0.39, 0.29) is 22.5 Å². The average Bonchev–Trinajstić information content (AvgIpc) is 2.67. The SMILES string of the molecule is CC(C(O)c1ccc(O)c(S(C)(=O)=O)c1)N1CCC(O)(c2ccc(F)cc2)CC1. The number of likely N-dealkylation sites (tertiary alicyclic amines) is 1. The maximum Gasteiger partial charge on any atom is 0.179 e. The van der Waals surface area contributed by atoms with Crippen molar-refractivity contribution in [2.24, 2.45) is 0 Å². The second-order valence-electron chi connectivity index (χ2n) is 7.76. The summed E-state index contributed by atoms with van der Waals surface area (Å²) in [6.45, 7) is 2.87. The quantitative estimate of drug-likeness (QED) is 0.683. The molecule has 158 valence electrons. The zero-order valence-electron chi connectivity index (χ0n) is 16.4. The predicted octanol–water partition coefficient (Wildman–Crippen LogP) is 2.34. The second-order valence-corrected chi connectivity index (χ2v) is 9.74. The van der Waals surface area contributed by atoms with E-state index in [1.807, 2.05) is 11.8 Å². The van der Waals surface area contributed by atoms with Crippen molar-refractivity contribution in [1.29, 1.82) is 0 Å². The fourth-order valence-corrected chi connectivity index (χ4v) is 4.64. The first-order valence-electron chi connectivity index (χ1n) is 9.45. The molecule has 1 saturated heterocycles. The highest BCUT2D eigenvalue weighted by Crippen LogP contribution is 2.35. The van der Waals surface area contributed by atoms with E-state index in [9.17, 15) is 28.1 Å². The first-order chi connectivity index (χ1) is 13.5. The number of sulfone groups is 1. The average molecular weight is 424 g/mol. The standard InChI is InChI=1S/C21H26FNO5S/c1-14(20(25)15-3-8-18(24)19(13-15)29(2,27)28)23-11-9-21(26,10-12-23)16-4-6-17(22)7-5-16/h3-8,13-14,20,24-26H,9-12H2,1-2H3. The lowest BCUT2D eigenvalue weighted by molar-refractivity contribution is -0.0502. The van der Waals surface area contributed by atoms with E-state index in [0.29, 0.717) is 37.1 Å². The van der Waals surface area contributed by atoms with E-state index >= 15 is 0 Å². The Balaban J connectivity index is 1.72. The number of aliphatic hydroxyl groups is 2. The van der Waals surface area contributed by atoms with Crippen molar-refractivity contribution in [3.05, 3.63) is 59.4 Å². The molecule has 0 saturated carbocycles. The number of halogens is 1. The van der Waals surface area contributed by atoms with Crippen molar-refractivity contribution in [2.75, 3.05) is 19.3 Å². The van der Waals surface area contributed by atoms with Crippen LogP contribution in [0.1, 0.15) is 37.0 Å². The first-order valence-corrected chi connectivity index (χ1v) is 11.3. The van der Waals surface area contributed by atoms with Crippen LogP contribution in [0.25, 0.3) is 0 Å². The molecule has 3 rings (SSSR count). The van der Waals surface area contributed by atoms with Gasteiger partial charge >= 0.3 is 0 Å². The minimum Gasteiger partial charge on any atom is -0.507 e. The number of nitrogens with zero attached hydrogens (tertiary/aromatic N) is 1. The maximum atomic E-state index is 13.2. The smallest absolute Gasteiger partial charge is 0.179 e. The van der Waals surface area contributed by atoms with Gasteiger partial charge in [-0.05, 0) is 55.2 Å². The number of hydrogen-bond donors (Lipinski definition) is 3. The van der Waals surface area contributed by atoms with Crippen molar-refractivity contribution in [1.82, 2.24) is 4.90 Å². The Hall–Kier alpha value is -2.00. The van der Waals surface area contributed by atoms with Crippen LogP contribution in [-0.2, 0) is 15.4 Å². The molecule has 8 heteroatoms. The largest absolute Gasteiger partial charge is 0.507 e. The molecule has 0 bridgehead atoms. The highest BCUT2D eigenvalue weighted by molar-refractivity contribution is 7.90. The number of phenolic OH excluding ortho intramolecular Hbond substituents is 1. The summed E-state index contributed by atoms with van der Waals surface area (Å²) in [6, 6.07) is 9.58. The molecule has 0 spiro atoms. The molecular weight excluding hydrogens is 397 g/mol. The molecule has 0 radical (unpaired) electrons. The van der Waals surface area contributed by atoms with E-state index in [2.05, 4.69) is 0 Å². The molecule has 6 nitrogen and oxygen atoms in total. The molecule has 2 unspecified atom stereocenters. The predicted molar refractivity (Wildman–Crippen MR) is 107 cm³/mol. The van der Waals surface area contributed by atoms with Gasteiger partial charge in [-0.25, -0.2) is 12.8 Å². The summed E-state index contributed by atoms with van der Waals surface area (Å²) in [7, 11) is -3.62. The molecule has 1 aliphatic rings. The summed E-state index contributed by atoms with van der Waals surface area (Å²) in [4.78, 5) is 1.81. The van der Waals surface area contributed by atoms with Crippen molar-refractivity contribution < 1.29 is 28.1 Å². The van der Waals surface area contributed by atoms with Crippen molar-refractivity contribution in [3.63, 3.8) is 0 Å². The van der Waals surface area contributed by atoms with Crippen LogP contribution in [-0.4, -0.2) is 54.0 Å². The summed E-state index contributed by atoms with van der Waals surface area (Å²) >= 11 is 0. The Kier molecular flexibility index (Phi) is 6.01. The minimum atomic E-state index is -3.62. The van der Waals surface area contributed by atoms with Gasteiger partial charge in [-0.1, -0.05) is 18.2 Å². The lowest BCUT2D eigenvalue weighted by atomic mass is 9.83. The molecule has 0 amide bonds. The third kappa shape index (κ3) is 4.61. The van der Waals surface area contributed by atoms with E-state index in [1.54, 1.807) is 12.1 Å². The summed E-state index contributed by atoms with van der Waals surface area (Å²) < 4.78 is 36.8. The Morgan fingerprint density at radius 3 is 2.24 bits per heavy atom. The Bertz CT molecular complexity index is 969. The fourth-order valence-electron chi connectivity index (χ4n) is 3.84. The van der Waals surface area contributed by atoms with Crippen molar-refractivity contribution in [2.45, 2.75) is 42.4 Å². The summed E-state index contributed by atoms with van der Waals surface area (Å²) in [6.07, 6.45) is 0.899. The highest BCUT2D eigenvalue weighted by atomic mass is 32.2. The van der Waals surface area contributed by atoms with Crippen molar-refractivity contribution >= 4 is 9.84 Å². The van der Waals surface area contributed by atoms with Gasteiger partial charge in [0, 0.05) is 25.4 Å². The molecule has 3 N–H and O–H groups in total. The summed E-state index contributed by atoms with van der Waals surface area (Å²) in [5.74, 6) is -0.702. The third-order valence-corrected chi connectivity index (χ3v) is 6.89. The van der Waals surface area contributed by atoms with E-state index in [4.69, 9.17) is 0 Å². The molecule has 0 aliphatic carbocycles. The van der Waals surface area contributed by atoms with E-state index in [0.717, 1.165) is 6.26 Å². The van der Waals surface area contributed by atoms with Gasteiger partial charge < -0.3 is 15.3 Å². The van der Waals surface area contributed by atoms with Crippen LogP contribution in [0.15, 0.2) is 47.4 Å². The number of phenols is 1. The number of hydrogen-bond acceptors (Lipinski definition) is 6. The van der Waals surface area contributed by atoms with Gasteiger partial charge in [0.2, 0.25) is 0 Å². The zero-order chi connectivity index (χ0) is 21.4. The fraction of sp³-hybridized carbons (Fsp3) is 0.429. The van der Waals surface area contributed by atoms with E-state index in [1.165, 1.54) is 30.3 Å². The molecule has 0 aromatic heterocycles. The first kappa shape index (κ1) is 21.7. The van der Waals surface area contributed by atoms with Gasteiger partial charge in [-0.15, -0.1) is 0 Å². The van der Waals surface area contributed by atoms with Crippen LogP contribution in [0, 0.1) is 5.82 Å². The second kappa shape index (κ2) is 8.02. The molecular formula is C21H26FNO5S. The van der Waals surface area contributed by atoms with Gasteiger partial charge in [0.25, 0.3) is 0 Å². The normalized spacial score (nSPS) is 19.6. The minimum absolute atomic E-state index is 0.217. The van der Waals surface area contributed by atoms with Gasteiger partial charge in [0.15, 0.2) is 9.84 Å². The summed E-state index contributed by atoms with van der Waals surface area (Å²) in [5.41, 5.74) is 0.0230. The lowest BCUT2D eigenvalue weighted by Gasteiger charge is -2.42. The molecule has 1 heterocycles. The number of aromatic hydroxyl groups is 1. The van der Waals surface area contributed by atoms with Crippen LogP contribution < -0.4 is 0 Å². The van der Waals surface area contributed by atoms with Gasteiger partial charge in [0.1, 0.15) is 16.5 Å². The molecule has 1 aliphatic heterocycles. The highest BCUT2D eigenvalue weighted by Gasteiger charge is 2.36. The molecule has 1 fully saturated rings. The Morgan fingerprint density at radius 1 is 1.10 bits per heavy atom. The molecule has 29 heavy (non-hydrogen) atoms. The number of piperidine rings is 1. The number of benzene rings is 2. The summed E-state index contributed by atoms with van der Waals surface area (Å²) in [5, 5.41) is 31.5. The lowest BCUT2D eigenvalue weighted by Crippen LogP contribution is -2.47. The number of aliphatic hydroxyl groups excluding tert-OH is 1. The Labute approximate surface area is 170 Å². The monoisotopic (exact) mass is 423 g/mol. The topological polar surface area (TPSA) is 98.1 Å². The van der Waals surface area contributed by atoms with Crippen molar-refractivity contribution in [3.8, 4) is 5.75 Å². The van der Waals surface area contributed by atoms with Gasteiger partial charge in [0.05, 0.1) is 11.7 Å². The van der Waals surface area contributed by atoms with Crippen LogP contribution >= 0.6 is 0 Å².